The molecule has 0 fully saturated rings. The molecule has 0 heterocycles. The molecule has 0 aliphatic carbocycles. The molecule has 1 atom stereocenters. The molecular formula is C24H30N2O7. The van der Waals surface area contributed by atoms with E-state index in [4.69, 9.17) is 18.9 Å². The Morgan fingerprint density at radius 3 is 2.21 bits per heavy atom. The summed E-state index contributed by atoms with van der Waals surface area (Å²) in [7, 11) is 2.92. The average molecular weight is 459 g/mol. The molecule has 33 heavy (non-hydrogen) atoms. The molecule has 0 spiro atoms. The maximum atomic E-state index is 12.3. The van der Waals surface area contributed by atoms with Crippen molar-refractivity contribution in [3.63, 3.8) is 0 Å². The van der Waals surface area contributed by atoms with E-state index in [-0.39, 0.29) is 48.1 Å². The van der Waals surface area contributed by atoms with Crippen LogP contribution >= 0.6 is 0 Å². The zero-order valence-electron chi connectivity index (χ0n) is 19.5. The number of benzene rings is 2. The summed E-state index contributed by atoms with van der Waals surface area (Å²) < 4.78 is 21.1. The lowest BCUT2D eigenvalue weighted by Crippen LogP contribution is -2.38. The fourth-order valence-electron chi connectivity index (χ4n) is 2.67. The minimum atomic E-state index is -0.680. The molecule has 0 bridgehead atoms. The molecule has 0 saturated heterocycles. The van der Waals surface area contributed by atoms with Gasteiger partial charge in [0, 0.05) is 6.04 Å². The Morgan fingerprint density at radius 2 is 1.55 bits per heavy atom. The second kappa shape index (κ2) is 12.3. The number of carbonyl (C=O) groups excluding carboxylic acids is 3. The number of nitrogens with one attached hydrogen (secondary N) is 2. The van der Waals surface area contributed by atoms with Gasteiger partial charge in [-0.05, 0) is 43.2 Å². The molecule has 2 aromatic rings. The standard InChI is InChI=1S/C24H30N2O7/c1-15(2)16(3)25-22(27)14-33-24(29)17-10-11-20(21(12-17)31-5)32-13-23(28)26-18-8-6-7-9-19(18)30-4/h6-12,15-16H,13-14H2,1-5H3,(H,25,27)(H,26,28). The van der Waals surface area contributed by atoms with Gasteiger partial charge in [-0.2, -0.15) is 0 Å². The van der Waals surface area contributed by atoms with E-state index in [1.165, 1.54) is 32.4 Å². The smallest absolute Gasteiger partial charge is 0.338 e. The predicted octanol–water partition coefficient (Wildman–Crippen LogP) is 3.04. The molecule has 2 aromatic carbocycles. The van der Waals surface area contributed by atoms with Crippen molar-refractivity contribution in [2.75, 3.05) is 32.8 Å². The molecule has 9 nitrogen and oxygen atoms in total. The van der Waals surface area contributed by atoms with Crippen LogP contribution in [-0.4, -0.2) is 51.3 Å². The van der Waals surface area contributed by atoms with Gasteiger partial charge in [0.05, 0.1) is 25.5 Å². The highest BCUT2D eigenvalue weighted by molar-refractivity contribution is 5.94. The molecule has 0 aromatic heterocycles. The summed E-state index contributed by atoms with van der Waals surface area (Å²) >= 11 is 0. The third-order valence-electron chi connectivity index (χ3n) is 4.86. The highest BCUT2D eigenvalue weighted by Crippen LogP contribution is 2.29. The fourth-order valence-corrected chi connectivity index (χ4v) is 2.67. The summed E-state index contributed by atoms with van der Waals surface area (Å²) in [4.78, 5) is 36.5. The number of para-hydroxylation sites is 2. The number of ether oxygens (including phenoxy) is 4. The van der Waals surface area contributed by atoms with Crippen LogP contribution in [0, 0.1) is 5.92 Å². The first-order chi connectivity index (χ1) is 15.7. The summed E-state index contributed by atoms with van der Waals surface area (Å²) in [5.41, 5.74) is 0.702. The first-order valence-electron chi connectivity index (χ1n) is 10.4. The average Bonchev–Trinajstić information content (AvgIpc) is 2.81. The van der Waals surface area contributed by atoms with E-state index in [1.807, 2.05) is 20.8 Å². The lowest BCUT2D eigenvalue weighted by atomic mass is 10.1. The van der Waals surface area contributed by atoms with E-state index >= 15 is 0 Å². The third kappa shape index (κ3) is 7.71. The second-order valence-corrected chi connectivity index (χ2v) is 7.58. The SMILES string of the molecule is COc1ccccc1NC(=O)COc1ccc(C(=O)OCC(=O)NC(C)C(C)C)cc1OC. The first-order valence-corrected chi connectivity index (χ1v) is 10.4. The lowest BCUT2D eigenvalue weighted by molar-refractivity contribution is -0.125. The van der Waals surface area contributed by atoms with Crippen LogP contribution in [0.2, 0.25) is 0 Å². The minimum Gasteiger partial charge on any atom is -0.495 e. The number of esters is 1. The zero-order valence-corrected chi connectivity index (χ0v) is 19.5. The molecule has 9 heteroatoms. The number of rotatable bonds is 11. The van der Waals surface area contributed by atoms with Crippen LogP contribution in [0.3, 0.4) is 0 Å². The van der Waals surface area contributed by atoms with Crippen molar-refractivity contribution >= 4 is 23.5 Å². The van der Waals surface area contributed by atoms with Gasteiger partial charge < -0.3 is 29.6 Å². The van der Waals surface area contributed by atoms with Gasteiger partial charge in [0.25, 0.3) is 11.8 Å². The molecule has 0 saturated carbocycles. The van der Waals surface area contributed by atoms with Gasteiger partial charge in [-0.25, -0.2) is 4.79 Å². The van der Waals surface area contributed by atoms with Gasteiger partial charge >= 0.3 is 5.97 Å². The Kier molecular flexibility index (Phi) is 9.53. The van der Waals surface area contributed by atoms with Crippen molar-refractivity contribution in [1.82, 2.24) is 5.32 Å². The molecular weight excluding hydrogens is 428 g/mol. The van der Waals surface area contributed by atoms with Crippen LogP contribution < -0.4 is 24.8 Å². The topological polar surface area (TPSA) is 112 Å². The third-order valence-corrected chi connectivity index (χ3v) is 4.86. The monoisotopic (exact) mass is 458 g/mol. The van der Waals surface area contributed by atoms with Gasteiger partial charge in [-0.3, -0.25) is 9.59 Å². The molecule has 0 aliphatic heterocycles. The Bertz CT molecular complexity index is 975. The molecule has 2 N–H and O–H groups in total. The van der Waals surface area contributed by atoms with Gasteiger partial charge in [0.15, 0.2) is 24.7 Å². The molecule has 178 valence electrons. The number of anilines is 1. The molecule has 2 amide bonds. The normalized spacial score (nSPS) is 11.3. The van der Waals surface area contributed by atoms with Crippen molar-refractivity contribution in [3.05, 3.63) is 48.0 Å². The quantitative estimate of drug-likeness (QED) is 0.498. The number of amides is 2. The summed E-state index contributed by atoms with van der Waals surface area (Å²) in [5, 5.41) is 5.47. The summed E-state index contributed by atoms with van der Waals surface area (Å²) in [6.45, 7) is 5.17. The van der Waals surface area contributed by atoms with Crippen LogP contribution in [0.4, 0.5) is 5.69 Å². The maximum absolute atomic E-state index is 12.3. The van der Waals surface area contributed by atoms with Crippen LogP contribution in [0.15, 0.2) is 42.5 Å². The van der Waals surface area contributed by atoms with Gasteiger partial charge in [0.1, 0.15) is 5.75 Å². The summed E-state index contributed by atoms with van der Waals surface area (Å²) in [6, 6.07) is 11.3. The first kappa shape index (κ1) is 25.5. The van der Waals surface area contributed by atoms with E-state index in [2.05, 4.69) is 10.6 Å². The Morgan fingerprint density at radius 1 is 0.848 bits per heavy atom. The molecule has 0 aliphatic rings. The highest BCUT2D eigenvalue weighted by Gasteiger charge is 2.17. The Balaban J connectivity index is 1.93. The zero-order chi connectivity index (χ0) is 24.4. The van der Waals surface area contributed by atoms with Crippen LogP contribution in [0.25, 0.3) is 0 Å². The van der Waals surface area contributed by atoms with E-state index in [0.717, 1.165) is 0 Å². The van der Waals surface area contributed by atoms with E-state index in [1.54, 1.807) is 24.3 Å². The number of carbonyl (C=O) groups is 3. The van der Waals surface area contributed by atoms with Crippen LogP contribution in [-0.2, 0) is 14.3 Å². The maximum Gasteiger partial charge on any atom is 0.338 e. The van der Waals surface area contributed by atoms with Crippen LogP contribution in [0.5, 0.6) is 17.2 Å². The minimum absolute atomic E-state index is 0.0343. The van der Waals surface area contributed by atoms with Gasteiger partial charge in [-0.1, -0.05) is 26.0 Å². The number of methoxy groups -OCH3 is 2. The fraction of sp³-hybridized carbons (Fsp3) is 0.375. The van der Waals surface area contributed by atoms with Crippen molar-refractivity contribution in [3.8, 4) is 17.2 Å². The van der Waals surface area contributed by atoms with Gasteiger partial charge in [-0.15, -0.1) is 0 Å². The van der Waals surface area contributed by atoms with Crippen molar-refractivity contribution in [2.45, 2.75) is 26.8 Å². The van der Waals surface area contributed by atoms with Gasteiger partial charge in [0.2, 0.25) is 0 Å². The molecule has 2 rings (SSSR count). The summed E-state index contributed by atoms with van der Waals surface area (Å²) in [6.07, 6.45) is 0. The molecule has 1 unspecified atom stereocenters. The van der Waals surface area contributed by atoms with Crippen molar-refractivity contribution in [2.24, 2.45) is 5.92 Å². The lowest BCUT2D eigenvalue weighted by Gasteiger charge is -2.17. The van der Waals surface area contributed by atoms with E-state index < -0.39 is 11.9 Å². The van der Waals surface area contributed by atoms with Crippen molar-refractivity contribution < 1.29 is 33.3 Å². The Labute approximate surface area is 193 Å². The summed E-state index contributed by atoms with van der Waals surface area (Å²) in [5.74, 6) is -0.151. The van der Waals surface area contributed by atoms with Crippen molar-refractivity contribution in [1.29, 1.82) is 0 Å². The highest BCUT2D eigenvalue weighted by atomic mass is 16.5. The van der Waals surface area contributed by atoms with Crippen LogP contribution in [0.1, 0.15) is 31.1 Å². The van der Waals surface area contributed by atoms with E-state index in [9.17, 15) is 14.4 Å². The number of hydrogen-bond acceptors (Lipinski definition) is 7. The van der Waals surface area contributed by atoms with E-state index in [0.29, 0.717) is 11.4 Å². The predicted molar refractivity (Wildman–Crippen MR) is 123 cm³/mol. The largest absolute Gasteiger partial charge is 0.495 e. The molecule has 0 radical (unpaired) electrons. The second-order valence-electron chi connectivity index (χ2n) is 7.58. The number of hydrogen-bond donors (Lipinski definition) is 2. The Hall–Kier alpha value is -3.75.